The second-order valence-corrected chi connectivity index (χ2v) is 4.52. The van der Waals surface area contributed by atoms with Crippen molar-refractivity contribution in [1.82, 2.24) is 0 Å². The third kappa shape index (κ3) is 1.98. The molecule has 4 heteroatoms. The van der Waals surface area contributed by atoms with Crippen LogP contribution in [-0.4, -0.2) is 23.7 Å². The number of aliphatic carboxylic acids is 1. The van der Waals surface area contributed by atoms with E-state index in [-0.39, 0.29) is 6.61 Å². The highest BCUT2D eigenvalue weighted by molar-refractivity contribution is 6.00. The van der Waals surface area contributed by atoms with Gasteiger partial charge in [-0.2, -0.15) is 0 Å². The van der Waals surface area contributed by atoms with E-state index in [2.05, 4.69) is 0 Å². The van der Waals surface area contributed by atoms with Crippen LogP contribution < -0.4 is 0 Å². The van der Waals surface area contributed by atoms with Crippen molar-refractivity contribution in [1.29, 1.82) is 0 Å². The minimum absolute atomic E-state index is 0.236. The first-order chi connectivity index (χ1) is 6.94. The minimum Gasteiger partial charge on any atom is -0.480 e. The fraction of sp³-hybridized carbons (Fsp3) is 0.818. The molecule has 4 nitrogen and oxygen atoms in total. The van der Waals surface area contributed by atoms with Gasteiger partial charge in [-0.1, -0.05) is 13.8 Å². The van der Waals surface area contributed by atoms with E-state index in [1.807, 2.05) is 13.8 Å². The summed E-state index contributed by atoms with van der Waals surface area (Å²) >= 11 is 0. The van der Waals surface area contributed by atoms with Gasteiger partial charge in [-0.25, -0.2) is 0 Å². The number of rotatable bonds is 4. The highest BCUT2D eigenvalue weighted by atomic mass is 16.5. The highest BCUT2D eigenvalue weighted by Gasteiger charge is 2.57. The number of hydrogen-bond acceptors (Lipinski definition) is 3. The molecule has 0 heterocycles. The van der Waals surface area contributed by atoms with Crippen molar-refractivity contribution >= 4 is 11.9 Å². The molecule has 0 amide bonds. The van der Waals surface area contributed by atoms with Crippen LogP contribution in [0.1, 0.15) is 33.6 Å². The van der Waals surface area contributed by atoms with Crippen molar-refractivity contribution in [3.8, 4) is 0 Å². The molecule has 1 saturated carbocycles. The smallest absolute Gasteiger partial charge is 0.323 e. The molecule has 0 aromatic rings. The number of carbonyl (C=O) groups is 2. The standard InChI is InChI=1S/C11H18O4/c1-4-15-10(14)11(9(12)13)5-8(6-11)7(2)3/h7-8H,4-6H2,1-3H3,(H,12,13). The van der Waals surface area contributed by atoms with E-state index in [1.165, 1.54) is 0 Å². The second-order valence-electron chi connectivity index (χ2n) is 4.52. The normalized spacial score (nSPS) is 29.7. The quantitative estimate of drug-likeness (QED) is 0.571. The van der Waals surface area contributed by atoms with Gasteiger partial charge in [-0.05, 0) is 31.6 Å². The average Bonchev–Trinajstić information content (AvgIpc) is 2.00. The fourth-order valence-corrected chi connectivity index (χ4v) is 2.00. The molecule has 86 valence electrons. The number of carboxylic acids is 1. The van der Waals surface area contributed by atoms with Crippen LogP contribution in [0.2, 0.25) is 0 Å². The molecule has 0 bridgehead atoms. The molecule has 0 radical (unpaired) electrons. The fourth-order valence-electron chi connectivity index (χ4n) is 2.00. The summed E-state index contributed by atoms with van der Waals surface area (Å²) in [7, 11) is 0. The first-order valence-electron chi connectivity index (χ1n) is 5.34. The predicted octanol–water partition coefficient (Wildman–Crippen LogP) is 1.69. The lowest BCUT2D eigenvalue weighted by atomic mass is 9.58. The third-order valence-electron chi connectivity index (χ3n) is 3.24. The predicted molar refractivity (Wildman–Crippen MR) is 54.3 cm³/mol. The van der Waals surface area contributed by atoms with Gasteiger partial charge in [0.2, 0.25) is 0 Å². The van der Waals surface area contributed by atoms with Crippen molar-refractivity contribution in [2.75, 3.05) is 6.61 Å². The summed E-state index contributed by atoms with van der Waals surface area (Å²) in [5, 5.41) is 9.08. The maximum absolute atomic E-state index is 11.6. The Hall–Kier alpha value is -1.06. The molecule has 1 aliphatic carbocycles. The monoisotopic (exact) mass is 214 g/mol. The molecular weight excluding hydrogens is 196 g/mol. The van der Waals surface area contributed by atoms with Gasteiger partial charge in [0, 0.05) is 0 Å². The summed E-state index contributed by atoms with van der Waals surface area (Å²) in [4.78, 5) is 22.6. The van der Waals surface area contributed by atoms with Crippen molar-refractivity contribution < 1.29 is 19.4 Å². The molecule has 0 saturated heterocycles. The van der Waals surface area contributed by atoms with E-state index in [0.717, 1.165) is 0 Å². The Balaban J connectivity index is 2.69. The summed E-state index contributed by atoms with van der Waals surface area (Å²) in [6.07, 6.45) is 0.831. The van der Waals surface area contributed by atoms with Gasteiger partial charge in [0.15, 0.2) is 5.41 Å². The van der Waals surface area contributed by atoms with E-state index in [9.17, 15) is 9.59 Å². The van der Waals surface area contributed by atoms with Crippen molar-refractivity contribution in [3.63, 3.8) is 0 Å². The molecule has 0 aromatic heterocycles. The number of carbonyl (C=O) groups excluding carboxylic acids is 1. The van der Waals surface area contributed by atoms with Gasteiger partial charge in [-0.3, -0.25) is 9.59 Å². The molecular formula is C11H18O4. The van der Waals surface area contributed by atoms with Gasteiger partial charge < -0.3 is 9.84 Å². The van der Waals surface area contributed by atoms with Crippen molar-refractivity contribution in [2.45, 2.75) is 33.6 Å². The number of hydrogen-bond donors (Lipinski definition) is 1. The van der Waals surface area contributed by atoms with Gasteiger partial charge in [0.25, 0.3) is 0 Å². The molecule has 1 rings (SSSR count). The van der Waals surface area contributed by atoms with E-state index >= 15 is 0 Å². The summed E-state index contributed by atoms with van der Waals surface area (Å²) in [6, 6.07) is 0. The lowest BCUT2D eigenvalue weighted by molar-refractivity contribution is -0.181. The zero-order valence-electron chi connectivity index (χ0n) is 9.45. The Bertz CT molecular complexity index is 264. The summed E-state index contributed by atoms with van der Waals surface area (Å²) < 4.78 is 4.82. The maximum Gasteiger partial charge on any atom is 0.323 e. The largest absolute Gasteiger partial charge is 0.480 e. The molecule has 0 aromatic carbocycles. The molecule has 0 atom stereocenters. The summed E-state index contributed by atoms with van der Waals surface area (Å²) in [6.45, 7) is 6.01. The molecule has 1 N–H and O–H groups in total. The van der Waals surface area contributed by atoms with Crippen LogP contribution in [0.4, 0.5) is 0 Å². The Labute approximate surface area is 89.6 Å². The zero-order chi connectivity index (χ0) is 11.6. The molecule has 0 spiro atoms. The van der Waals surface area contributed by atoms with E-state index < -0.39 is 17.4 Å². The molecule has 1 fully saturated rings. The van der Waals surface area contributed by atoms with Crippen LogP contribution in [0.15, 0.2) is 0 Å². The highest BCUT2D eigenvalue weighted by Crippen LogP contribution is 2.49. The second kappa shape index (κ2) is 4.21. The minimum atomic E-state index is -1.26. The summed E-state index contributed by atoms with van der Waals surface area (Å²) in [5.41, 5.74) is -1.26. The lowest BCUT2D eigenvalue weighted by Crippen LogP contribution is -2.52. The Morgan fingerprint density at radius 1 is 1.47 bits per heavy atom. The van der Waals surface area contributed by atoms with Crippen molar-refractivity contribution in [2.24, 2.45) is 17.3 Å². The van der Waals surface area contributed by atoms with E-state index in [4.69, 9.17) is 9.84 Å². The van der Waals surface area contributed by atoms with Gasteiger partial charge >= 0.3 is 11.9 Å². The van der Waals surface area contributed by atoms with Gasteiger partial charge in [0.05, 0.1) is 6.61 Å². The Morgan fingerprint density at radius 2 is 2.00 bits per heavy atom. The maximum atomic E-state index is 11.6. The van der Waals surface area contributed by atoms with Crippen LogP contribution in [-0.2, 0) is 14.3 Å². The van der Waals surface area contributed by atoms with E-state index in [1.54, 1.807) is 6.92 Å². The van der Waals surface area contributed by atoms with Crippen LogP contribution in [0, 0.1) is 17.3 Å². The van der Waals surface area contributed by atoms with Crippen LogP contribution >= 0.6 is 0 Å². The first-order valence-corrected chi connectivity index (χ1v) is 5.34. The lowest BCUT2D eigenvalue weighted by Gasteiger charge is -2.44. The third-order valence-corrected chi connectivity index (χ3v) is 3.24. The van der Waals surface area contributed by atoms with Crippen molar-refractivity contribution in [3.05, 3.63) is 0 Å². The molecule has 1 aliphatic rings. The van der Waals surface area contributed by atoms with Crippen LogP contribution in [0.3, 0.4) is 0 Å². The van der Waals surface area contributed by atoms with Gasteiger partial charge in [0.1, 0.15) is 0 Å². The first kappa shape index (κ1) is 12.0. The number of esters is 1. The average molecular weight is 214 g/mol. The molecule has 0 unspecified atom stereocenters. The number of carboxylic acid groups (broad SMARTS) is 1. The number of ether oxygens (including phenoxy) is 1. The topological polar surface area (TPSA) is 63.6 Å². The Morgan fingerprint density at radius 3 is 2.33 bits per heavy atom. The SMILES string of the molecule is CCOC(=O)C1(C(=O)O)CC(C(C)C)C1. The Kier molecular flexibility index (Phi) is 3.37. The van der Waals surface area contributed by atoms with Crippen LogP contribution in [0.5, 0.6) is 0 Å². The molecule has 15 heavy (non-hydrogen) atoms. The zero-order valence-corrected chi connectivity index (χ0v) is 9.45. The summed E-state index contributed by atoms with van der Waals surface area (Å²) in [5.74, 6) is -0.871. The van der Waals surface area contributed by atoms with Crippen LogP contribution in [0.25, 0.3) is 0 Å². The van der Waals surface area contributed by atoms with E-state index in [0.29, 0.717) is 24.7 Å². The van der Waals surface area contributed by atoms with Gasteiger partial charge in [-0.15, -0.1) is 0 Å². The molecule has 0 aliphatic heterocycles.